The molecule has 0 bridgehead atoms. The third kappa shape index (κ3) is 4.90. The molecule has 10 nitrogen and oxygen atoms in total. The number of nitro groups is 1. The maximum absolute atomic E-state index is 13.0. The zero-order valence-corrected chi connectivity index (χ0v) is 15.9. The number of benzene rings is 2. The van der Waals surface area contributed by atoms with Gasteiger partial charge in [0.25, 0.3) is 0 Å². The van der Waals surface area contributed by atoms with Gasteiger partial charge in [0.15, 0.2) is 11.5 Å². The highest BCUT2D eigenvalue weighted by molar-refractivity contribution is 5.91. The summed E-state index contributed by atoms with van der Waals surface area (Å²) in [5.41, 5.74) is -2.52. The first-order valence-electron chi connectivity index (χ1n) is 8.63. The molecule has 0 unspecified atom stereocenters. The van der Waals surface area contributed by atoms with E-state index in [1.165, 1.54) is 49.6 Å². The van der Waals surface area contributed by atoms with Crippen molar-refractivity contribution in [3.05, 3.63) is 96.1 Å². The fraction of sp³-hybridized carbons (Fsp3) is 0.0500. The van der Waals surface area contributed by atoms with Crippen molar-refractivity contribution in [2.75, 3.05) is 7.11 Å². The highest BCUT2D eigenvalue weighted by Crippen LogP contribution is 2.29. The molecule has 0 fully saturated rings. The molecule has 3 rings (SSSR count). The first-order chi connectivity index (χ1) is 14.8. The van der Waals surface area contributed by atoms with E-state index in [0.29, 0.717) is 5.56 Å². The molecule has 0 amide bonds. The number of nitrogens with one attached hydrogen (secondary N) is 2. The third-order valence-corrected chi connectivity index (χ3v) is 4.04. The smallest absolute Gasteiger partial charge is 0.357 e. The van der Waals surface area contributed by atoms with E-state index in [1.807, 2.05) is 0 Å². The van der Waals surface area contributed by atoms with Crippen LogP contribution in [0, 0.1) is 15.9 Å². The molecule has 3 aromatic rings. The van der Waals surface area contributed by atoms with Crippen molar-refractivity contribution >= 4 is 23.8 Å². The average Bonchev–Trinajstić information content (AvgIpc) is 2.72. The predicted octanol–water partition coefficient (Wildman–Crippen LogP) is 2.51. The standard InChI is InChI=1S/C20H14FN3O7/c1-30-16-10-11(2-8-14-17(24(28)29)18(25)23-20(27)22-14)3-9-15(16)31-19(26)12-4-6-13(21)7-5-12/h2-10H,1H3,(H2,22,23,25,27). The molecule has 31 heavy (non-hydrogen) atoms. The van der Waals surface area contributed by atoms with Crippen LogP contribution >= 0.6 is 0 Å². The van der Waals surface area contributed by atoms with Gasteiger partial charge < -0.3 is 14.5 Å². The van der Waals surface area contributed by atoms with Crippen molar-refractivity contribution in [3.8, 4) is 11.5 Å². The van der Waals surface area contributed by atoms with Crippen molar-refractivity contribution in [1.82, 2.24) is 9.97 Å². The van der Waals surface area contributed by atoms with Crippen LogP contribution in [0.2, 0.25) is 0 Å². The summed E-state index contributed by atoms with van der Waals surface area (Å²) in [4.78, 5) is 49.4. The van der Waals surface area contributed by atoms with Crippen LogP contribution in [-0.2, 0) is 0 Å². The van der Waals surface area contributed by atoms with E-state index < -0.39 is 33.6 Å². The fourth-order valence-corrected chi connectivity index (χ4v) is 2.60. The SMILES string of the molecule is COc1cc(C=Cc2[nH]c(=O)[nH]c(=O)c2[N+](=O)[O-])ccc1OC(=O)c1ccc(F)cc1. The number of hydrogen-bond donors (Lipinski definition) is 2. The number of aromatic nitrogens is 2. The second-order valence-electron chi connectivity index (χ2n) is 6.07. The Balaban J connectivity index is 1.88. The number of ether oxygens (including phenoxy) is 2. The van der Waals surface area contributed by atoms with E-state index in [-0.39, 0.29) is 22.8 Å². The summed E-state index contributed by atoms with van der Waals surface area (Å²) in [6, 6.07) is 9.21. The second kappa shape index (κ2) is 8.86. The maximum atomic E-state index is 13.0. The van der Waals surface area contributed by atoms with Crippen LogP contribution in [0.15, 0.2) is 52.1 Å². The number of carbonyl (C=O) groups excluding carboxylic acids is 1. The summed E-state index contributed by atoms with van der Waals surface area (Å²) in [6.07, 6.45) is 2.58. The first kappa shape index (κ1) is 21.2. The fourth-order valence-electron chi connectivity index (χ4n) is 2.60. The van der Waals surface area contributed by atoms with Crippen LogP contribution in [0.1, 0.15) is 21.6 Å². The van der Waals surface area contributed by atoms with Crippen molar-refractivity contribution < 1.29 is 23.6 Å². The van der Waals surface area contributed by atoms with Crippen LogP contribution in [-0.4, -0.2) is 28.0 Å². The Morgan fingerprint density at radius 2 is 1.77 bits per heavy atom. The van der Waals surface area contributed by atoms with Gasteiger partial charge in [-0.1, -0.05) is 12.1 Å². The molecule has 11 heteroatoms. The Morgan fingerprint density at radius 3 is 2.42 bits per heavy atom. The summed E-state index contributed by atoms with van der Waals surface area (Å²) in [5, 5.41) is 11.1. The molecule has 0 saturated heterocycles. The van der Waals surface area contributed by atoms with E-state index in [9.17, 15) is 28.9 Å². The largest absolute Gasteiger partial charge is 0.493 e. The van der Waals surface area contributed by atoms with Crippen LogP contribution in [0.25, 0.3) is 12.2 Å². The monoisotopic (exact) mass is 427 g/mol. The highest BCUT2D eigenvalue weighted by Gasteiger charge is 2.19. The Morgan fingerprint density at radius 1 is 1.06 bits per heavy atom. The van der Waals surface area contributed by atoms with Crippen LogP contribution in [0.5, 0.6) is 11.5 Å². The maximum Gasteiger partial charge on any atom is 0.357 e. The van der Waals surface area contributed by atoms with Gasteiger partial charge >= 0.3 is 22.9 Å². The van der Waals surface area contributed by atoms with Gasteiger partial charge in [-0.25, -0.2) is 14.0 Å². The van der Waals surface area contributed by atoms with Crippen LogP contribution in [0.4, 0.5) is 10.1 Å². The van der Waals surface area contributed by atoms with Crippen molar-refractivity contribution in [3.63, 3.8) is 0 Å². The number of nitrogens with zero attached hydrogens (tertiary/aromatic N) is 1. The number of halogens is 1. The number of hydrogen-bond acceptors (Lipinski definition) is 7. The number of methoxy groups -OCH3 is 1. The Bertz CT molecular complexity index is 1290. The number of carbonyl (C=O) groups is 1. The molecule has 0 atom stereocenters. The van der Waals surface area contributed by atoms with E-state index in [4.69, 9.17) is 9.47 Å². The summed E-state index contributed by atoms with van der Waals surface area (Å²) in [6.45, 7) is 0. The van der Waals surface area contributed by atoms with Gasteiger partial charge in [-0.15, -0.1) is 0 Å². The van der Waals surface area contributed by atoms with E-state index in [2.05, 4.69) is 4.98 Å². The Hall–Kier alpha value is -4.54. The molecule has 0 radical (unpaired) electrons. The summed E-state index contributed by atoms with van der Waals surface area (Å²) < 4.78 is 23.5. The molecule has 0 saturated carbocycles. The van der Waals surface area contributed by atoms with E-state index in [0.717, 1.165) is 12.1 Å². The molecule has 1 heterocycles. The molecular weight excluding hydrogens is 413 g/mol. The normalized spacial score (nSPS) is 10.8. The van der Waals surface area contributed by atoms with E-state index >= 15 is 0 Å². The third-order valence-electron chi connectivity index (χ3n) is 4.04. The number of esters is 1. The lowest BCUT2D eigenvalue weighted by Gasteiger charge is -2.10. The minimum Gasteiger partial charge on any atom is -0.493 e. The molecule has 2 aromatic carbocycles. The van der Waals surface area contributed by atoms with E-state index in [1.54, 1.807) is 4.98 Å². The molecule has 0 aliphatic heterocycles. The zero-order valence-electron chi connectivity index (χ0n) is 15.9. The highest BCUT2D eigenvalue weighted by atomic mass is 19.1. The number of rotatable bonds is 6. The van der Waals surface area contributed by atoms with Crippen molar-refractivity contribution in [2.24, 2.45) is 0 Å². The van der Waals surface area contributed by atoms with Gasteiger partial charge in [-0.05, 0) is 48.0 Å². The lowest BCUT2D eigenvalue weighted by atomic mass is 10.1. The van der Waals surface area contributed by atoms with Gasteiger partial charge in [0, 0.05) is 0 Å². The van der Waals surface area contributed by atoms with Gasteiger partial charge in [0.2, 0.25) is 0 Å². The topological polar surface area (TPSA) is 144 Å². The van der Waals surface area contributed by atoms with Gasteiger partial charge in [0.05, 0.1) is 17.6 Å². The summed E-state index contributed by atoms with van der Waals surface area (Å²) in [7, 11) is 1.34. The first-order valence-corrected chi connectivity index (χ1v) is 8.63. The van der Waals surface area contributed by atoms with Crippen LogP contribution < -0.4 is 20.7 Å². The second-order valence-corrected chi connectivity index (χ2v) is 6.07. The Kier molecular flexibility index (Phi) is 6.05. The van der Waals surface area contributed by atoms with Crippen LogP contribution in [0.3, 0.4) is 0 Å². The molecule has 0 spiro atoms. The van der Waals surface area contributed by atoms with Crippen molar-refractivity contribution in [2.45, 2.75) is 0 Å². The van der Waals surface area contributed by atoms with Gasteiger partial charge in [-0.2, -0.15) is 0 Å². The molecule has 1 aromatic heterocycles. The number of aromatic amines is 2. The van der Waals surface area contributed by atoms with Crippen molar-refractivity contribution in [1.29, 1.82) is 0 Å². The molecule has 158 valence electrons. The quantitative estimate of drug-likeness (QED) is 0.266. The molecule has 0 aliphatic carbocycles. The molecule has 2 N–H and O–H groups in total. The summed E-state index contributed by atoms with van der Waals surface area (Å²) in [5.74, 6) is -0.957. The predicted molar refractivity (Wildman–Crippen MR) is 108 cm³/mol. The zero-order chi connectivity index (χ0) is 22.5. The summed E-state index contributed by atoms with van der Waals surface area (Å²) >= 11 is 0. The minimum atomic E-state index is -1.13. The number of H-pyrrole nitrogens is 2. The lowest BCUT2D eigenvalue weighted by Crippen LogP contribution is -2.25. The molecule has 0 aliphatic rings. The lowest BCUT2D eigenvalue weighted by molar-refractivity contribution is -0.386. The Labute approximate surface area is 172 Å². The van der Waals surface area contributed by atoms with Gasteiger partial charge in [0.1, 0.15) is 11.5 Å². The molecular formula is C20H14FN3O7. The minimum absolute atomic E-state index is 0.0875. The average molecular weight is 427 g/mol. The van der Waals surface area contributed by atoms with Gasteiger partial charge in [-0.3, -0.25) is 19.9 Å².